The van der Waals surface area contributed by atoms with Gasteiger partial charge in [-0.3, -0.25) is 9.59 Å². The number of fused-ring (bicyclic) bond motifs is 2. The number of hydrogen-bond acceptors (Lipinski definition) is 2. The molecule has 118 valence electrons. The predicted octanol–water partition coefficient (Wildman–Crippen LogP) is 2.56. The molecule has 0 unspecified atom stereocenters. The van der Waals surface area contributed by atoms with Gasteiger partial charge in [0, 0.05) is 13.1 Å². The number of amides is 2. The Bertz CT molecular complexity index is 786. The van der Waals surface area contributed by atoms with E-state index in [-0.39, 0.29) is 23.9 Å². The summed E-state index contributed by atoms with van der Waals surface area (Å²) >= 11 is 0. The standard InChI is InChI=1S/C19H20N2O2/c1-13-18(22)20-10-4-7-17(20)19(23)21(13)12-14-8-9-15-5-2-3-6-16(15)11-14/h2-3,5-6,8-9,11,13,17H,4,7,10,12H2,1H3/t13-,17+/m0/s1. The van der Waals surface area contributed by atoms with E-state index in [9.17, 15) is 9.59 Å². The summed E-state index contributed by atoms with van der Waals surface area (Å²) in [6.45, 7) is 3.07. The number of carbonyl (C=O) groups excluding carboxylic acids is 2. The van der Waals surface area contributed by atoms with Crippen molar-refractivity contribution in [1.29, 1.82) is 0 Å². The number of nitrogens with zero attached hydrogens (tertiary/aromatic N) is 2. The lowest BCUT2D eigenvalue weighted by molar-refractivity contribution is -0.159. The van der Waals surface area contributed by atoms with Crippen molar-refractivity contribution in [3.63, 3.8) is 0 Å². The zero-order chi connectivity index (χ0) is 16.0. The first-order valence-electron chi connectivity index (χ1n) is 8.24. The molecule has 2 aliphatic heterocycles. The Kier molecular flexibility index (Phi) is 3.33. The molecule has 2 aliphatic rings. The molecule has 4 rings (SSSR count). The van der Waals surface area contributed by atoms with Crippen molar-refractivity contribution in [3.8, 4) is 0 Å². The molecule has 2 atom stereocenters. The van der Waals surface area contributed by atoms with Crippen molar-refractivity contribution in [2.75, 3.05) is 6.54 Å². The van der Waals surface area contributed by atoms with E-state index >= 15 is 0 Å². The van der Waals surface area contributed by atoms with Crippen LogP contribution in [0.1, 0.15) is 25.3 Å². The van der Waals surface area contributed by atoms with E-state index in [1.807, 2.05) is 25.1 Å². The molecule has 0 aromatic heterocycles. The Morgan fingerprint density at radius 3 is 2.65 bits per heavy atom. The lowest BCUT2D eigenvalue weighted by Crippen LogP contribution is -2.61. The zero-order valence-electron chi connectivity index (χ0n) is 13.2. The Hall–Kier alpha value is -2.36. The Morgan fingerprint density at radius 2 is 1.83 bits per heavy atom. The van der Waals surface area contributed by atoms with Crippen molar-refractivity contribution < 1.29 is 9.59 Å². The molecule has 0 saturated carbocycles. The normalized spacial score (nSPS) is 24.4. The van der Waals surface area contributed by atoms with Gasteiger partial charge >= 0.3 is 0 Å². The second-order valence-electron chi connectivity index (χ2n) is 6.51. The highest BCUT2D eigenvalue weighted by molar-refractivity contribution is 5.97. The van der Waals surface area contributed by atoms with Gasteiger partial charge in [-0.15, -0.1) is 0 Å². The summed E-state index contributed by atoms with van der Waals surface area (Å²) in [5.74, 6) is 0.190. The van der Waals surface area contributed by atoms with Crippen LogP contribution in [0.15, 0.2) is 42.5 Å². The van der Waals surface area contributed by atoms with Crippen LogP contribution in [0.5, 0.6) is 0 Å². The minimum atomic E-state index is -0.372. The number of benzene rings is 2. The lowest BCUT2D eigenvalue weighted by Gasteiger charge is -2.41. The Morgan fingerprint density at radius 1 is 1.04 bits per heavy atom. The molecule has 2 saturated heterocycles. The predicted molar refractivity (Wildman–Crippen MR) is 88.7 cm³/mol. The molecule has 4 heteroatoms. The summed E-state index contributed by atoms with van der Waals surface area (Å²) in [5, 5.41) is 2.35. The maximum absolute atomic E-state index is 12.8. The van der Waals surface area contributed by atoms with Crippen LogP contribution in [-0.2, 0) is 16.1 Å². The molecular formula is C19H20N2O2. The second kappa shape index (κ2) is 5.37. The average molecular weight is 308 g/mol. The van der Waals surface area contributed by atoms with Gasteiger partial charge < -0.3 is 9.80 Å². The molecule has 2 heterocycles. The summed E-state index contributed by atoms with van der Waals surface area (Å²) in [5.41, 5.74) is 1.07. The summed E-state index contributed by atoms with van der Waals surface area (Å²) < 4.78 is 0. The third-order valence-electron chi connectivity index (χ3n) is 5.10. The fourth-order valence-corrected chi connectivity index (χ4v) is 3.79. The van der Waals surface area contributed by atoms with Crippen LogP contribution in [0.25, 0.3) is 10.8 Å². The fraction of sp³-hybridized carbons (Fsp3) is 0.368. The van der Waals surface area contributed by atoms with Gasteiger partial charge in [-0.2, -0.15) is 0 Å². The van der Waals surface area contributed by atoms with Crippen LogP contribution in [0.4, 0.5) is 0 Å². The van der Waals surface area contributed by atoms with E-state index in [4.69, 9.17) is 0 Å². The molecule has 2 aromatic carbocycles. The van der Waals surface area contributed by atoms with Gasteiger partial charge in [-0.1, -0.05) is 36.4 Å². The molecule has 0 aliphatic carbocycles. The molecule has 0 radical (unpaired) electrons. The summed E-state index contributed by atoms with van der Waals surface area (Å²) in [6.07, 6.45) is 1.73. The quantitative estimate of drug-likeness (QED) is 0.855. The first-order valence-corrected chi connectivity index (χ1v) is 8.24. The molecule has 0 spiro atoms. The molecule has 0 N–H and O–H groups in total. The topological polar surface area (TPSA) is 40.6 Å². The van der Waals surface area contributed by atoms with Crippen molar-refractivity contribution in [1.82, 2.24) is 9.80 Å². The van der Waals surface area contributed by atoms with E-state index in [0.717, 1.165) is 30.3 Å². The minimum absolute atomic E-state index is 0.0906. The Balaban J connectivity index is 1.63. The largest absolute Gasteiger partial charge is 0.329 e. The van der Waals surface area contributed by atoms with E-state index in [0.29, 0.717) is 6.54 Å². The van der Waals surface area contributed by atoms with Crippen molar-refractivity contribution in [3.05, 3.63) is 48.0 Å². The molecule has 4 nitrogen and oxygen atoms in total. The molecular weight excluding hydrogens is 288 g/mol. The van der Waals surface area contributed by atoms with Gasteiger partial charge in [0.05, 0.1) is 0 Å². The highest BCUT2D eigenvalue weighted by Crippen LogP contribution is 2.28. The van der Waals surface area contributed by atoms with Crippen LogP contribution in [-0.4, -0.2) is 40.2 Å². The van der Waals surface area contributed by atoms with E-state index in [1.54, 1.807) is 9.80 Å². The van der Waals surface area contributed by atoms with E-state index in [2.05, 4.69) is 24.3 Å². The van der Waals surface area contributed by atoms with Gasteiger partial charge in [-0.25, -0.2) is 0 Å². The molecule has 2 amide bonds. The van der Waals surface area contributed by atoms with Gasteiger partial charge in [0.1, 0.15) is 12.1 Å². The lowest BCUT2D eigenvalue weighted by atomic mass is 10.0. The highest BCUT2D eigenvalue weighted by Gasteiger charge is 2.45. The van der Waals surface area contributed by atoms with Crippen LogP contribution < -0.4 is 0 Å². The number of carbonyl (C=O) groups is 2. The van der Waals surface area contributed by atoms with Gasteiger partial charge in [0.2, 0.25) is 11.8 Å². The third-order valence-corrected chi connectivity index (χ3v) is 5.10. The first-order chi connectivity index (χ1) is 11.1. The van der Waals surface area contributed by atoms with Crippen LogP contribution >= 0.6 is 0 Å². The van der Waals surface area contributed by atoms with Gasteiger partial charge in [-0.05, 0) is 42.2 Å². The highest BCUT2D eigenvalue weighted by atomic mass is 16.2. The smallest absolute Gasteiger partial charge is 0.246 e. The number of piperazine rings is 1. The van der Waals surface area contributed by atoms with Crippen molar-refractivity contribution in [2.45, 2.75) is 38.4 Å². The maximum Gasteiger partial charge on any atom is 0.246 e. The van der Waals surface area contributed by atoms with Gasteiger partial charge in [0.15, 0.2) is 0 Å². The molecule has 2 fully saturated rings. The SMILES string of the molecule is C[C@H]1C(=O)N2CCC[C@@H]2C(=O)N1Cc1ccc2ccccc2c1. The summed E-state index contributed by atoms with van der Waals surface area (Å²) in [7, 11) is 0. The van der Waals surface area contributed by atoms with Crippen molar-refractivity contribution in [2.24, 2.45) is 0 Å². The Labute approximate surface area is 135 Å². The minimum Gasteiger partial charge on any atom is -0.329 e. The maximum atomic E-state index is 12.8. The van der Waals surface area contributed by atoms with E-state index < -0.39 is 0 Å². The van der Waals surface area contributed by atoms with Gasteiger partial charge in [0.25, 0.3) is 0 Å². The molecule has 23 heavy (non-hydrogen) atoms. The summed E-state index contributed by atoms with van der Waals surface area (Å²) in [4.78, 5) is 28.8. The monoisotopic (exact) mass is 308 g/mol. The summed E-state index contributed by atoms with van der Waals surface area (Å²) in [6, 6.07) is 13.8. The molecule has 0 bridgehead atoms. The first kappa shape index (κ1) is 14.2. The fourth-order valence-electron chi connectivity index (χ4n) is 3.79. The zero-order valence-corrected chi connectivity index (χ0v) is 13.2. The van der Waals surface area contributed by atoms with Crippen molar-refractivity contribution >= 4 is 22.6 Å². The van der Waals surface area contributed by atoms with E-state index in [1.165, 1.54) is 5.39 Å². The second-order valence-corrected chi connectivity index (χ2v) is 6.51. The van der Waals surface area contributed by atoms with Crippen LogP contribution in [0.2, 0.25) is 0 Å². The number of hydrogen-bond donors (Lipinski definition) is 0. The molecule has 2 aromatic rings. The number of rotatable bonds is 2. The average Bonchev–Trinajstić information content (AvgIpc) is 3.06. The third kappa shape index (κ3) is 2.29. The van der Waals surface area contributed by atoms with Crippen LogP contribution in [0, 0.1) is 0 Å². The van der Waals surface area contributed by atoms with Crippen LogP contribution in [0.3, 0.4) is 0 Å².